The number of alkyl halides is 2. The molecule has 0 atom stereocenters. The molecule has 0 saturated heterocycles. The average Bonchev–Trinajstić information content (AvgIpc) is 2.26. The number of rotatable bonds is 3. The van der Waals surface area contributed by atoms with Crippen LogP contribution in [0.2, 0.25) is 5.02 Å². The SMILES string of the molecule is COC(=O)C(F)(F)c1c(Cl)cccc1OC. The molecular formula is C10H9ClF2O3. The normalized spacial score (nSPS) is 11.1. The summed E-state index contributed by atoms with van der Waals surface area (Å²) >= 11 is 5.63. The van der Waals surface area contributed by atoms with Crippen molar-refractivity contribution in [1.82, 2.24) is 0 Å². The van der Waals surface area contributed by atoms with Gasteiger partial charge in [-0.25, -0.2) is 4.79 Å². The van der Waals surface area contributed by atoms with Gasteiger partial charge in [-0.1, -0.05) is 17.7 Å². The number of methoxy groups -OCH3 is 2. The van der Waals surface area contributed by atoms with E-state index in [9.17, 15) is 13.6 Å². The lowest BCUT2D eigenvalue weighted by Crippen LogP contribution is -2.28. The van der Waals surface area contributed by atoms with Crippen LogP contribution in [-0.4, -0.2) is 20.2 Å². The summed E-state index contributed by atoms with van der Waals surface area (Å²) in [4.78, 5) is 11.0. The smallest absolute Gasteiger partial charge is 0.381 e. The first-order valence-electron chi connectivity index (χ1n) is 4.24. The number of carbonyl (C=O) groups excluding carboxylic acids is 1. The third-order valence-electron chi connectivity index (χ3n) is 1.95. The van der Waals surface area contributed by atoms with Crippen molar-refractivity contribution in [3.63, 3.8) is 0 Å². The third-order valence-corrected chi connectivity index (χ3v) is 2.27. The lowest BCUT2D eigenvalue weighted by Gasteiger charge is -2.18. The quantitative estimate of drug-likeness (QED) is 0.774. The Balaban J connectivity index is 3.36. The Kier molecular flexibility index (Phi) is 3.70. The van der Waals surface area contributed by atoms with E-state index in [4.69, 9.17) is 16.3 Å². The Morgan fingerprint density at radius 2 is 2.00 bits per heavy atom. The summed E-state index contributed by atoms with van der Waals surface area (Å²) in [5, 5.41) is -0.255. The molecule has 0 unspecified atom stereocenters. The van der Waals surface area contributed by atoms with E-state index in [2.05, 4.69) is 4.74 Å². The molecule has 6 heteroatoms. The maximum Gasteiger partial charge on any atom is 0.381 e. The second kappa shape index (κ2) is 4.65. The molecule has 88 valence electrons. The van der Waals surface area contributed by atoms with Crippen LogP contribution >= 0.6 is 11.6 Å². The van der Waals surface area contributed by atoms with E-state index in [0.29, 0.717) is 0 Å². The first kappa shape index (κ1) is 12.7. The van der Waals surface area contributed by atoms with Crippen molar-refractivity contribution in [3.05, 3.63) is 28.8 Å². The number of ether oxygens (including phenoxy) is 2. The monoisotopic (exact) mass is 250 g/mol. The summed E-state index contributed by atoms with van der Waals surface area (Å²) in [6, 6.07) is 3.98. The molecule has 0 fully saturated rings. The second-order valence-electron chi connectivity index (χ2n) is 2.88. The van der Waals surface area contributed by atoms with E-state index < -0.39 is 17.5 Å². The molecule has 0 N–H and O–H groups in total. The molecule has 0 aliphatic rings. The minimum absolute atomic E-state index is 0.164. The fourth-order valence-electron chi connectivity index (χ4n) is 1.21. The van der Waals surface area contributed by atoms with Crippen molar-refractivity contribution in [2.24, 2.45) is 0 Å². The highest BCUT2D eigenvalue weighted by molar-refractivity contribution is 6.31. The predicted octanol–water partition coefficient (Wildman–Crippen LogP) is 2.61. The van der Waals surface area contributed by atoms with Gasteiger partial charge in [-0.15, -0.1) is 0 Å². The summed E-state index contributed by atoms with van der Waals surface area (Å²) in [6.45, 7) is 0. The zero-order valence-corrected chi connectivity index (χ0v) is 9.35. The maximum atomic E-state index is 13.6. The van der Waals surface area contributed by atoms with Crippen LogP contribution in [0.15, 0.2) is 18.2 Å². The van der Waals surface area contributed by atoms with E-state index in [1.54, 1.807) is 0 Å². The van der Waals surface area contributed by atoms with Crippen molar-refractivity contribution in [3.8, 4) is 5.75 Å². The second-order valence-corrected chi connectivity index (χ2v) is 3.29. The van der Waals surface area contributed by atoms with Crippen molar-refractivity contribution >= 4 is 17.6 Å². The van der Waals surface area contributed by atoms with E-state index in [1.165, 1.54) is 25.3 Å². The molecule has 0 bridgehead atoms. The Labute approximate surface area is 95.9 Å². The summed E-state index contributed by atoms with van der Waals surface area (Å²) in [5.41, 5.74) is -0.689. The molecule has 0 aliphatic carbocycles. The van der Waals surface area contributed by atoms with Crippen LogP contribution in [0.25, 0.3) is 0 Å². The molecular weight excluding hydrogens is 242 g/mol. The molecule has 0 saturated carbocycles. The summed E-state index contributed by atoms with van der Waals surface area (Å²) in [6.07, 6.45) is 0. The molecule has 0 heterocycles. The number of hydrogen-bond donors (Lipinski definition) is 0. The van der Waals surface area contributed by atoms with E-state index in [1.807, 2.05) is 0 Å². The van der Waals surface area contributed by atoms with Crippen LogP contribution in [-0.2, 0) is 15.5 Å². The van der Waals surface area contributed by atoms with E-state index in [-0.39, 0.29) is 10.8 Å². The van der Waals surface area contributed by atoms with E-state index in [0.717, 1.165) is 7.11 Å². The first-order chi connectivity index (χ1) is 7.45. The van der Waals surface area contributed by atoms with Crippen molar-refractivity contribution in [1.29, 1.82) is 0 Å². The Hall–Kier alpha value is -1.36. The van der Waals surface area contributed by atoms with Crippen LogP contribution in [0.4, 0.5) is 8.78 Å². The van der Waals surface area contributed by atoms with Crippen molar-refractivity contribution in [2.45, 2.75) is 5.92 Å². The molecule has 1 aromatic rings. The van der Waals surface area contributed by atoms with Gasteiger partial charge in [0.05, 0.1) is 24.8 Å². The molecule has 1 rings (SSSR count). The van der Waals surface area contributed by atoms with Gasteiger partial charge < -0.3 is 9.47 Å². The number of carbonyl (C=O) groups is 1. The largest absolute Gasteiger partial charge is 0.496 e. The minimum Gasteiger partial charge on any atom is -0.496 e. The number of hydrogen-bond acceptors (Lipinski definition) is 3. The summed E-state index contributed by atoms with van der Waals surface area (Å²) in [5.74, 6) is -5.68. The lowest BCUT2D eigenvalue weighted by atomic mass is 10.1. The Bertz CT molecular complexity index is 407. The number of halogens is 3. The van der Waals surface area contributed by atoms with Gasteiger partial charge in [-0.05, 0) is 12.1 Å². The van der Waals surface area contributed by atoms with Gasteiger partial charge in [-0.3, -0.25) is 0 Å². The van der Waals surface area contributed by atoms with Gasteiger partial charge in [0.15, 0.2) is 0 Å². The fourth-order valence-corrected chi connectivity index (χ4v) is 1.49. The highest BCUT2D eigenvalue weighted by Crippen LogP contribution is 2.40. The van der Waals surface area contributed by atoms with E-state index >= 15 is 0 Å². The van der Waals surface area contributed by atoms with Gasteiger partial charge in [0.25, 0.3) is 0 Å². The first-order valence-corrected chi connectivity index (χ1v) is 4.62. The average molecular weight is 251 g/mol. The number of benzene rings is 1. The minimum atomic E-state index is -3.83. The van der Waals surface area contributed by atoms with Crippen LogP contribution in [0.1, 0.15) is 5.56 Å². The fraction of sp³-hybridized carbons (Fsp3) is 0.300. The molecule has 0 radical (unpaired) electrons. The summed E-state index contributed by atoms with van der Waals surface area (Å²) < 4.78 is 36.0. The van der Waals surface area contributed by atoms with Gasteiger partial charge in [-0.2, -0.15) is 8.78 Å². The molecule has 0 amide bonds. The molecule has 3 nitrogen and oxygen atoms in total. The predicted molar refractivity (Wildman–Crippen MR) is 53.9 cm³/mol. The van der Waals surface area contributed by atoms with Crippen LogP contribution in [0.5, 0.6) is 5.75 Å². The van der Waals surface area contributed by atoms with Gasteiger partial charge in [0, 0.05) is 0 Å². The van der Waals surface area contributed by atoms with Gasteiger partial charge in [0.2, 0.25) is 0 Å². The third kappa shape index (κ3) is 2.09. The highest BCUT2D eigenvalue weighted by atomic mass is 35.5. The van der Waals surface area contributed by atoms with Crippen molar-refractivity contribution in [2.75, 3.05) is 14.2 Å². The molecule has 16 heavy (non-hydrogen) atoms. The molecule has 0 aliphatic heterocycles. The Morgan fingerprint density at radius 3 is 2.50 bits per heavy atom. The molecule has 0 spiro atoms. The number of esters is 1. The van der Waals surface area contributed by atoms with Crippen molar-refractivity contribution < 1.29 is 23.0 Å². The zero-order valence-electron chi connectivity index (χ0n) is 8.59. The van der Waals surface area contributed by atoms with Gasteiger partial charge >= 0.3 is 11.9 Å². The van der Waals surface area contributed by atoms with Crippen LogP contribution in [0, 0.1) is 0 Å². The van der Waals surface area contributed by atoms with Crippen LogP contribution < -0.4 is 4.74 Å². The molecule has 0 aromatic heterocycles. The standard InChI is InChI=1S/C10H9ClF2O3/c1-15-7-5-3-4-6(11)8(7)10(12,13)9(14)16-2/h3-5H,1-2H3. The summed E-state index contributed by atoms with van der Waals surface area (Å²) in [7, 11) is 2.09. The topological polar surface area (TPSA) is 35.5 Å². The molecule has 1 aromatic carbocycles. The van der Waals surface area contributed by atoms with Crippen LogP contribution in [0.3, 0.4) is 0 Å². The van der Waals surface area contributed by atoms with Gasteiger partial charge in [0.1, 0.15) is 5.75 Å². The Morgan fingerprint density at radius 1 is 1.38 bits per heavy atom. The highest BCUT2D eigenvalue weighted by Gasteiger charge is 2.46. The zero-order chi connectivity index (χ0) is 12.3. The lowest BCUT2D eigenvalue weighted by molar-refractivity contribution is -0.170. The maximum absolute atomic E-state index is 13.6.